The first-order chi connectivity index (χ1) is 13.2. The van der Waals surface area contributed by atoms with Gasteiger partial charge in [0.15, 0.2) is 0 Å². The van der Waals surface area contributed by atoms with Gasteiger partial charge < -0.3 is 15.1 Å². The number of piperazine rings is 1. The number of amides is 1. The molecular formula is C22H24N4O. The van der Waals surface area contributed by atoms with Gasteiger partial charge in [0, 0.05) is 32.4 Å². The first-order valence-corrected chi connectivity index (χ1v) is 9.12. The van der Waals surface area contributed by atoms with E-state index in [4.69, 9.17) is 0 Å². The number of rotatable bonds is 5. The van der Waals surface area contributed by atoms with Gasteiger partial charge in [-0.1, -0.05) is 60.7 Å². The molecule has 0 aliphatic carbocycles. The Labute approximate surface area is 160 Å². The predicted octanol–water partition coefficient (Wildman–Crippen LogP) is 2.55. The lowest BCUT2D eigenvalue weighted by molar-refractivity contribution is -0.117. The summed E-state index contributed by atoms with van der Waals surface area (Å²) in [7, 11) is 2.07. The smallest absolute Gasteiger partial charge is 0.264 e. The highest BCUT2D eigenvalue weighted by atomic mass is 16.1. The van der Waals surface area contributed by atoms with Crippen LogP contribution in [-0.4, -0.2) is 48.9 Å². The number of nitriles is 1. The number of carbonyl (C=O) groups is 1. The molecule has 0 bridgehead atoms. The van der Waals surface area contributed by atoms with Gasteiger partial charge in [-0.2, -0.15) is 5.26 Å². The van der Waals surface area contributed by atoms with Crippen molar-refractivity contribution in [2.75, 3.05) is 33.2 Å². The van der Waals surface area contributed by atoms with Crippen LogP contribution in [0.4, 0.5) is 0 Å². The Morgan fingerprint density at radius 2 is 1.52 bits per heavy atom. The summed E-state index contributed by atoms with van der Waals surface area (Å²) < 4.78 is 0. The van der Waals surface area contributed by atoms with E-state index in [2.05, 4.69) is 23.3 Å². The second kappa shape index (κ2) is 9.02. The molecule has 1 amide bonds. The molecule has 0 atom stereocenters. The van der Waals surface area contributed by atoms with E-state index in [-0.39, 0.29) is 17.5 Å². The van der Waals surface area contributed by atoms with E-state index in [0.717, 1.165) is 37.3 Å². The average Bonchev–Trinajstić information content (AvgIpc) is 2.72. The van der Waals surface area contributed by atoms with Gasteiger partial charge in [-0.15, -0.1) is 0 Å². The molecule has 1 aliphatic heterocycles. The van der Waals surface area contributed by atoms with E-state index in [0.29, 0.717) is 0 Å². The van der Waals surface area contributed by atoms with Crippen molar-refractivity contribution < 1.29 is 4.79 Å². The summed E-state index contributed by atoms with van der Waals surface area (Å²) in [6, 6.07) is 21.4. The molecule has 5 nitrogen and oxygen atoms in total. The molecule has 1 N–H and O–H groups in total. The van der Waals surface area contributed by atoms with Crippen LogP contribution in [0, 0.1) is 11.3 Å². The lowest BCUT2D eigenvalue weighted by Crippen LogP contribution is -2.42. The van der Waals surface area contributed by atoms with Crippen molar-refractivity contribution in [2.24, 2.45) is 0 Å². The largest absolute Gasteiger partial charge is 0.374 e. The fourth-order valence-corrected chi connectivity index (χ4v) is 3.13. The Balaban J connectivity index is 1.80. The zero-order chi connectivity index (χ0) is 19.1. The van der Waals surface area contributed by atoms with Crippen LogP contribution >= 0.6 is 0 Å². The summed E-state index contributed by atoms with van der Waals surface area (Å²) in [6.45, 7) is 3.48. The maximum absolute atomic E-state index is 12.8. The van der Waals surface area contributed by atoms with Crippen molar-refractivity contribution in [1.29, 1.82) is 5.26 Å². The molecule has 0 radical (unpaired) electrons. The summed E-state index contributed by atoms with van der Waals surface area (Å²) in [6.07, 6.45) is 1.69. The number of hydrogen-bond donors (Lipinski definition) is 1. The van der Waals surface area contributed by atoms with E-state index >= 15 is 0 Å². The van der Waals surface area contributed by atoms with Crippen molar-refractivity contribution in [3.8, 4) is 6.07 Å². The number of hydrogen-bond acceptors (Lipinski definition) is 4. The van der Waals surface area contributed by atoms with E-state index < -0.39 is 0 Å². The van der Waals surface area contributed by atoms with E-state index in [9.17, 15) is 10.1 Å². The maximum Gasteiger partial charge on any atom is 0.264 e. The third-order valence-electron chi connectivity index (χ3n) is 4.76. The highest BCUT2D eigenvalue weighted by molar-refractivity contribution is 5.97. The lowest BCUT2D eigenvalue weighted by Gasteiger charge is -2.31. The maximum atomic E-state index is 12.8. The van der Waals surface area contributed by atoms with E-state index in [1.807, 2.05) is 65.6 Å². The van der Waals surface area contributed by atoms with Crippen molar-refractivity contribution >= 4 is 5.91 Å². The molecule has 138 valence electrons. The Bertz CT molecular complexity index is 779. The minimum atomic E-state index is -0.353. The minimum absolute atomic E-state index is 0.136. The molecular weight excluding hydrogens is 336 g/mol. The fraction of sp³-hybridized carbons (Fsp3) is 0.273. The zero-order valence-electron chi connectivity index (χ0n) is 15.5. The number of nitrogens with zero attached hydrogens (tertiary/aromatic N) is 3. The number of carbonyl (C=O) groups excluding carboxylic acids is 1. The van der Waals surface area contributed by atoms with Gasteiger partial charge in [0.05, 0.1) is 6.04 Å². The van der Waals surface area contributed by atoms with Gasteiger partial charge in [0.2, 0.25) is 0 Å². The van der Waals surface area contributed by atoms with Crippen LogP contribution in [0.5, 0.6) is 0 Å². The van der Waals surface area contributed by atoms with Gasteiger partial charge in [0.1, 0.15) is 11.6 Å². The van der Waals surface area contributed by atoms with Crippen LogP contribution in [0.15, 0.2) is 72.4 Å². The van der Waals surface area contributed by atoms with Crippen molar-refractivity contribution in [3.05, 3.63) is 83.6 Å². The zero-order valence-corrected chi connectivity index (χ0v) is 15.5. The SMILES string of the molecule is CN1CCN(/C=C(/C#N)C(=O)NC(c2ccccc2)c2ccccc2)CC1. The van der Waals surface area contributed by atoms with Crippen LogP contribution < -0.4 is 5.32 Å². The van der Waals surface area contributed by atoms with Gasteiger partial charge in [-0.05, 0) is 18.2 Å². The predicted molar refractivity (Wildman–Crippen MR) is 106 cm³/mol. The molecule has 1 fully saturated rings. The quantitative estimate of drug-likeness (QED) is 0.658. The molecule has 0 aromatic heterocycles. The van der Waals surface area contributed by atoms with E-state index in [1.54, 1.807) is 6.20 Å². The van der Waals surface area contributed by atoms with Crippen LogP contribution in [0.2, 0.25) is 0 Å². The van der Waals surface area contributed by atoms with Crippen LogP contribution in [0.1, 0.15) is 17.2 Å². The lowest BCUT2D eigenvalue weighted by atomic mass is 9.98. The van der Waals surface area contributed by atoms with Gasteiger partial charge in [-0.25, -0.2) is 0 Å². The highest BCUT2D eigenvalue weighted by Gasteiger charge is 2.20. The number of nitrogens with one attached hydrogen (secondary N) is 1. The Morgan fingerprint density at radius 3 is 2.00 bits per heavy atom. The van der Waals surface area contributed by atoms with Crippen LogP contribution in [-0.2, 0) is 4.79 Å². The summed E-state index contributed by atoms with van der Waals surface area (Å²) in [5.41, 5.74) is 2.10. The first-order valence-electron chi connectivity index (χ1n) is 9.12. The summed E-state index contributed by atoms with van der Waals surface area (Å²) in [4.78, 5) is 17.1. The van der Waals surface area contributed by atoms with Crippen molar-refractivity contribution in [1.82, 2.24) is 15.1 Å². The van der Waals surface area contributed by atoms with Crippen molar-refractivity contribution in [2.45, 2.75) is 6.04 Å². The third kappa shape index (κ3) is 4.96. The summed E-state index contributed by atoms with van der Waals surface area (Å²) >= 11 is 0. The second-order valence-corrected chi connectivity index (χ2v) is 6.72. The fourth-order valence-electron chi connectivity index (χ4n) is 3.13. The Kier molecular flexibility index (Phi) is 6.24. The van der Waals surface area contributed by atoms with Gasteiger partial charge >= 0.3 is 0 Å². The highest BCUT2D eigenvalue weighted by Crippen LogP contribution is 2.22. The standard InChI is InChI=1S/C22H24N4O/c1-25-12-14-26(15-13-25)17-20(16-23)22(27)24-21(18-8-4-2-5-9-18)19-10-6-3-7-11-19/h2-11,17,21H,12-15H2,1H3,(H,24,27)/b20-17-. The van der Waals surface area contributed by atoms with Crippen molar-refractivity contribution in [3.63, 3.8) is 0 Å². The molecule has 0 unspecified atom stereocenters. The second-order valence-electron chi connectivity index (χ2n) is 6.72. The number of likely N-dealkylation sites (N-methyl/N-ethyl adjacent to an activating group) is 1. The van der Waals surface area contributed by atoms with Gasteiger partial charge in [-0.3, -0.25) is 4.79 Å². The minimum Gasteiger partial charge on any atom is -0.374 e. The molecule has 1 aliphatic rings. The van der Waals surface area contributed by atoms with Crippen LogP contribution in [0.3, 0.4) is 0 Å². The molecule has 1 heterocycles. The first kappa shape index (κ1) is 18.7. The normalized spacial score (nSPS) is 15.4. The molecule has 0 saturated carbocycles. The monoisotopic (exact) mass is 360 g/mol. The molecule has 27 heavy (non-hydrogen) atoms. The topological polar surface area (TPSA) is 59.4 Å². The van der Waals surface area contributed by atoms with Gasteiger partial charge in [0.25, 0.3) is 5.91 Å². The molecule has 0 spiro atoms. The van der Waals surface area contributed by atoms with E-state index in [1.165, 1.54) is 0 Å². The Hall–Kier alpha value is -3.10. The molecule has 3 rings (SSSR count). The molecule has 1 saturated heterocycles. The molecule has 2 aromatic rings. The Morgan fingerprint density at radius 1 is 1.00 bits per heavy atom. The number of benzene rings is 2. The summed E-state index contributed by atoms with van der Waals surface area (Å²) in [5, 5.41) is 12.5. The molecule has 2 aromatic carbocycles. The van der Waals surface area contributed by atoms with Crippen LogP contribution in [0.25, 0.3) is 0 Å². The average molecular weight is 360 g/mol. The molecule has 5 heteroatoms. The third-order valence-corrected chi connectivity index (χ3v) is 4.76. The summed E-state index contributed by atoms with van der Waals surface area (Å²) in [5.74, 6) is -0.353.